The molecule has 49 heavy (non-hydrogen) atoms. The van der Waals surface area contributed by atoms with E-state index in [1.54, 1.807) is 0 Å². The highest BCUT2D eigenvalue weighted by molar-refractivity contribution is 6.23. The van der Waals surface area contributed by atoms with Crippen molar-refractivity contribution in [3.8, 4) is 22.3 Å². The first-order valence-electron chi connectivity index (χ1n) is 16.6. The van der Waals surface area contributed by atoms with Gasteiger partial charge >= 0.3 is 0 Å². The van der Waals surface area contributed by atoms with Crippen LogP contribution in [0.25, 0.3) is 76.9 Å². The molecular weight excluding hydrogens is 599 g/mol. The molecule has 0 spiro atoms. The summed E-state index contributed by atoms with van der Waals surface area (Å²) in [6, 6.07) is 61.7. The fraction of sp³-hybridized carbons (Fsp3) is 0. The number of nitrogens with zero attached hydrogens (tertiary/aromatic N) is 1. The predicted molar refractivity (Wildman–Crippen MR) is 204 cm³/mol. The molecule has 0 N–H and O–H groups in total. The van der Waals surface area contributed by atoms with Crippen molar-refractivity contribution in [3.63, 3.8) is 0 Å². The second-order valence-corrected chi connectivity index (χ2v) is 12.5. The molecule has 0 saturated carbocycles. The average Bonchev–Trinajstić information content (AvgIpc) is 3.75. The van der Waals surface area contributed by atoms with E-state index in [1.807, 2.05) is 18.2 Å². The summed E-state index contributed by atoms with van der Waals surface area (Å²) in [6.07, 6.45) is 0. The quantitative estimate of drug-likeness (QED) is 0.190. The molecule has 0 aliphatic carbocycles. The summed E-state index contributed by atoms with van der Waals surface area (Å²) in [7, 11) is 0. The first-order valence-corrected chi connectivity index (χ1v) is 16.6. The summed E-state index contributed by atoms with van der Waals surface area (Å²) in [4.78, 5) is 2.27. The van der Waals surface area contributed by atoms with Gasteiger partial charge in [-0.15, -0.1) is 0 Å². The Balaban J connectivity index is 1.13. The molecular formula is C46H29NO2. The van der Waals surface area contributed by atoms with E-state index in [-0.39, 0.29) is 0 Å². The van der Waals surface area contributed by atoms with Gasteiger partial charge in [-0.2, -0.15) is 0 Å². The smallest absolute Gasteiger partial charge is 0.159 e. The number of para-hydroxylation sites is 4. The molecule has 0 saturated heterocycles. The summed E-state index contributed by atoms with van der Waals surface area (Å²) in [5.74, 6) is 0. The van der Waals surface area contributed by atoms with Crippen LogP contribution in [-0.4, -0.2) is 0 Å². The molecule has 0 aliphatic heterocycles. The zero-order valence-electron chi connectivity index (χ0n) is 26.5. The van der Waals surface area contributed by atoms with E-state index in [9.17, 15) is 0 Å². The Labute approximate surface area is 282 Å². The topological polar surface area (TPSA) is 29.5 Å². The lowest BCUT2D eigenvalue weighted by Crippen LogP contribution is -2.10. The van der Waals surface area contributed by atoms with E-state index in [4.69, 9.17) is 8.83 Å². The third kappa shape index (κ3) is 4.37. The molecule has 3 nitrogen and oxygen atoms in total. The van der Waals surface area contributed by atoms with Gasteiger partial charge in [-0.25, -0.2) is 0 Å². The normalized spacial score (nSPS) is 11.7. The molecule has 230 valence electrons. The van der Waals surface area contributed by atoms with E-state index >= 15 is 0 Å². The minimum absolute atomic E-state index is 0.866. The first-order chi connectivity index (χ1) is 24.3. The zero-order chi connectivity index (χ0) is 32.3. The minimum atomic E-state index is 0.866. The van der Waals surface area contributed by atoms with Gasteiger partial charge in [0.2, 0.25) is 0 Å². The number of hydrogen-bond donors (Lipinski definition) is 0. The standard InChI is InChI=1S/C46H29NO2/c1-3-13-30(14-4-1)40-29-43-44(37-19-8-7-17-35(37)40)39-22-11-20-34(45(39)49-43)31-25-27-33(28-26-31)47(32-15-5-2-6-16-32)41-23-12-21-38-36-18-9-10-24-42(36)48-46(38)41/h1-29H. The van der Waals surface area contributed by atoms with Crippen molar-refractivity contribution < 1.29 is 8.83 Å². The maximum absolute atomic E-state index is 6.78. The van der Waals surface area contributed by atoms with Crippen LogP contribution in [0.1, 0.15) is 0 Å². The Bertz CT molecular complexity index is 2810. The van der Waals surface area contributed by atoms with Gasteiger partial charge in [0.05, 0.1) is 5.69 Å². The van der Waals surface area contributed by atoms with Crippen LogP contribution in [0.4, 0.5) is 17.1 Å². The van der Waals surface area contributed by atoms with Crippen molar-refractivity contribution in [2.75, 3.05) is 4.90 Å². The summed E-state index contributed by atoms with van der Waals surface area (Å²) in [5, 5.41) is 6.91. The Hall–Kier alpha value is -6.58. The molecule has 2 heterocycles. The second kappa shape index (κ2) is 11.0. The Morgan fingerprint density at radius 2 is 0.939 bits per heavy atom. The minimum Gasteiger partial charge on any atom is -0.455 e. The maximum atomic E-state index is 6.78. The number of rotatable bonds is 5. The van der Waals surface area contributed by atoms with Crippen molar-refractivity contribution in [2.24, 2.45) is 0 Å². The van der Waals surface area contributed by atoms with Crippen molar-refractivity contribution in [1.82, 2.24) is 0 Å². The van der Waals surface area contributed by atoms with Crippen LogP contribution >= 0.6 is 0 Å². The zero-order valence-corrected chi connectivity index (χ0v) is 26.5. The van der Waals surface area contributed by atoms with Crippen molar-refractivity contribution >= 4 is 71.7 Å². The molecule has 0 amide bonds. The molecule has 0 atom stereocenters. The van der Waals surface area contributed by atoms with E-state index in [2.05, 4.69) is 163 Å². The van der Waals surface area contributed by atoms with E-state index in [0.717, 1.165) is 72.1 Å². The van der Waals surface area contributed by atoms with Gasteiger partial charge in [0.15, 0.2) is 5.58 Å². The predicted octanol–water partition coefficient (Wildman–Crippen LogP) is 13.4. The Kier molecular flexibility index (Phi) is 6.18. The highest BCUT2D eigenvalue weighted by Gasteiger charge is 2.21. The second-order valence-electron chi connectivity index (χ2n) is 12.5. The van der Waals surface area contributed by atoms with Gasteiger partial charge < -0.3 is 13.7 Å². The Morgan fingerprint density at radius 1 is 0.347 bits per heavy atom. The molecule has 0 radical (unpaired) electrons. The van der Waals surface area contributed by atoms with Gasteiger partial charge in [-0.05, 0) is 69.9 Å². The lowest BCUT2D eigenvalue weighted by Gasteiger charge is -2.25. The SMILES string of the molecule is c1ccc(-c2cc3oc4c(-c5ccc(N(c6ccccc6)c6cccc7c6oc6ccccc67)cc5)cccc4c3c3ccccc23)cc1. The van der Waals surface area contributed by atoms with Gasteiger partial charge in [-0.3, -0.25) is 0 Å². The van der Waals surface area contributed by atoms with Crippen LogP contribution in [0.3, 0.4) is 0 Å². The van der Waals surface area contributed by atoms with Crippen LogP contribution in [-0.2, 0) is 0 Å². The van der Waals surface area contributed by atoms with Gasteiger partial charge in [-0.1, -0.05) is 133 Å². The maximum Gasteiger partial charge on any atom is 0.159 e. The molecule has 0 unspecified atom stereocenters. The van der Waals surface area contributed by atoms with Gasteiger partial charge in [0.25, 0.3) is 0 Å². The van der Waals surface area contributed by atoms with Crippen LogP contribution in [0, 0.1) is 0 Å². The summed E-state index contributed by atoms with van der Waals surface area (Å²) in [5.41, 5.74) is 11.1. The van der Waals surface area contributed by atoms with Gasteiger partial charge in [0, 0.05) is 38.5 Å². The van der Waals surface area contributed by atoms with E-state index < -0.39 is 0 Å². The molecule has 0 fully saturated rings. The molecule has 3 heteroatoms. The molecule has 8 aromatic carbocycles. The van der Waals surface area contributed by atoms with Gasteiger partial charge in [0.1, 0.15) is 16.7 Å². The van der Waals surface area contributed by atoms with Crippen LogP contribution < -0.4 is 4.90 Å². The number of benzene rings is 8. The lowest BCUT2D eigenvalue weighted by atomic mass is 9.94. The highest BCUT2D eigenvalue weighted by Crippen LogP contribution is 2.45. The summed E-state index contributed by atoms with van der Waals surface area (Å²) >= 11 is 0. The van der Waals surface area contributed by atoms with Crippen LogP contribution in [0.15, 0.2) is 185 Å². The first kappa shape index (κ1) is 27.5. The number of fused-ring (bicyclic) bond motifs is 8. The van der Waals surface area contributed by atoms with Crippen LogP contribution in [0.5, 0.6) is 0 Å². The number of anilines is 3. The van der Waals surface area contributed by atoms with Crippen molar-refractivity contribution in [1.29, 1.82) is 0 Å². The fourth-order valence-electron chi connectivity index (χ4n) is 7.45. The summed E-state index contributed by atoms with van der Waals surface area (Å²) in [6.45, 7) is 0. The number of furan rings is 2. The molecule has 10 rings (SSSR count). The van der Waals surface area contributed by atoms with Crippen LogP contribution in [0.2, 0.25) is 0 Å². The molecule has 2 aromatic heterocycles. The largest absolute Gasteiger partial charge is 0.455 e. The monoisotopic (exact) mass is 627 g/mol. The van der Waals surface area contributed by atoms with Crippen molar-refractivity contribution in [3.05, 3.63) is 176 Å². The molecule has 0 aliphatic rings. The fourth-order valence-corrected chi connectivity index (χ4v) is 7.45. The Morgan fingerprint density at radius 3 is 1.76 bits per heavy atom. The third-order valence-electron chi connectivity index (χ3n) is 9.66. The average molecular weight is 628 g/mol. The lowest BCUT2D eigenvalue weighted by molar-refractivity contribution is 0.669. The molecule has 0 bridgehead atoms. The number of hydrogen-bond acceptors (Lipinski definition) is 3. The summed E-state index contributed by atoms with van der Waals surface area (Å²) < 4.78 is 13.3. The third-order valence-corrected chi connectivity index (χ3v) is 9.66. The van der Waals surface area contributed by atoms with E-state index in [1.165, 1.54) is 21.9 Å². The highest BCUT2D eigenvalue weighted by atomic mass is 16.3. The molecule has 10 aromatic rings. The van der Waals surface area contributed by atoms with E-state index in [0.29, 0.717) is 0 Å². The van der Waals surface area contributed by atoms with Crippen molar-refractivity contribution in [2.45, 2.75) is 0 Å².